The number of nitrogens with zero attached hydrogens (tertiary/aromatic N) is 2. The first-order chi connectivity index (χ1) is 9.88. The number of rotatable bonds is 4. The molecule has 1 aliphatic heterocycles. The van der Waals surface area contributed by atoms with E-state index in [4.69, 9.17) is 10.00 Å². The molecule has 3 heteroatoms. The Bertz CT molecular complexity index is 645. The molecule has 0 bridgehead atoms. The van der Waals surface area contributed by atoms with Crippen molar-refractivity contribution in [3.8, 4) is 11.8 Å². The first-order valence-electron chi connectivity index (χ1n) is 6.83. The SMILES string of the molecule is N#Cc1ccccc1OCCN1CCc2ccccc21. The lowest BCUT2D eigenvalue weighted by atomic mass is 10.2. The molecule has 0 N–H and O–H groups in total. The Morgan fingerprint density at radius 1 is 1.10 bits per heavy atom. The highest BCUT2D eigenvalue weighted by atomic mass is 16.5. The van der Waals surface area contributed by atoms with Crippen molar-refractivity contribution in [1.82, 2.24) is 0 Å². The fraction of sp³-hybridized carbons (Fsp3) is 0.235. The van der Waals surface area contributed by atoms with Crippen LogP contribution in [-0.2, 0) is 6.42 Å². The van der Waals surface area contributed by atoms with Crippen LogP contribution < -0.4 is 9.64 Å². The minimum atomic E-state index is 0.590. The van der Waals surface area contributed by atoms with Crippen LogP contribution in [-0.4, -0.2) is 19.7 Å². The quantitative estimate of drug-likeness (QED) is 0.851. The van der Waals surface area contributed by atoms with Gasteiger partial charge >= 0.3 is 0 Å². The number of fused-ring (bicyclic) bond motifs is 1. The van der Waals surface area contributed by atoms with Gasteiger partial charge in [-0.15, -0.1) is 0 Å². The third kappa shape index (κ3) is 2.46. The predicted octanol–water partition coefficient (Wildman–Crippen LogP) is 3.00. The van der Waals surface area contributed by atoms with Crippen molar-refractivity contribution in [2.24, 2.45) is 0 Å². The van der Waals surface area contributed by atoms with Crippen LogP contribution in [0.5, 0.6) is 5.75 Å². The number of ether oxygens (including phenoxy) is 1. The molecular formula is C17H16N2O. The Morgan fingerprint density at radius 3 is 2.80 bits per heavy atom. The van der Waals surface area contributed by atoms with Crippen LogP contribution in [0.2, 0.25) is 0 Å². The Balaban J connectivity index is 1.61. The first-order valence-corrected chi connectivity index (χ1v) is 6.83. The number of hydrogen-bond acceptors (Lipinski definition) is 3. The highest BCUT2D eigenvalue weighted by Crippen LogP contribution is 2.27. The summed E-state index contributed by atoms with van der Waals surface area (Å²) in [6.45, 7) is 2.48. The van der Waals surface area contributed by atoms with Gasteiger partial charge in [-0.05, 0) is 30.2 Å². The highest BCUT2D eigenvalue weighted by Gasteiger charge is 2.17. The van der Waals surface area contributed by atoms with E-state index in [9.17, 15) is 0 Å². The minimum absolute atomic E-state index is 0.590. The zero-order valence-corrected chi connectivity index (χ0v) is 11.2. The smallest absolute Gasteiger partial charge is 0.137 e. The second kappa shape index (κ2) is 5.66. The predicted molar refractivity (Wildman–Crippen MR) is 79.0 cm³/mol. The molecular weight excluding hydrogens is 248 g/mol. The molecule has 0 unspecified atom stereocenters. The van der Waals surface area contributed by atoms with Gasteiger partial charge in [0.25, 0.3) is 0 Å². The topological polar surface area (TPSA) is 36.3 Å². The Labute approximate surface area is 119 Å². The van der Waals surface area contributed by atoms with Crippen LogP contribution in [0.1, 0.15) is 11.1 Å². The number of anilines is 1. The lowest BCUT2D eigenvalue weighted by molar-refractivity contribution is 0.323. The normalized spacial score (nSPS) is 12.8. The maximum atomic E-state index is 9.02. The van der Waals surface area contributed by atoms with E-state index in [-0.39, 0.29) is 0 Å². The Hall–Kier alpha value is -2.47. The lowest BCUT2D eigenvalue weighted by Crippen LogP contribution is -2.26. The van der Waals surface area contributed by atoms with Crippen molar-refractivity contribution >= 4 is 5.69 Å². The van der Waals surface area contributed by atoms with Crippen LogP contribution in [0.3, 0.4) is 0 Å². The summed E-state index contributed by atoms with van der Waals surface area (Å²) in [5.41, 5.74) is 3.31. The zero-order valence-electron chi connectivity index (χ0n) is 11.2. The van der Waals surface area contributed by atoms with E-state index in [1.54, 1.807) is 6.07 Å². The fourth-order valence-electron chi connectivity index (χ4n) is 2.59. The summed E-state index contributed by atoms with van der Waals surface area (Å²) in [7, 11) is 0. The lowest BCUT2D eigenvalue weighted by Gasteiger charge is -2.19. The summed E-state index contributed by atoms with van der Waals surface area (Å²) >= 11 is 0. The van der Waals surface area contributed by atoms with Crippen LogP contribution in [0.25, 0.3) is 0 Å². The van der Waals surface area contributed by atoms with Crippen molar-refractivity contribution in [3.63, 3.8) is 0 Å². The second-order valence-corrected chi connectivity index (χ2v) is 4.82. The van der Waals surface area contributed by atoms with Gasteiger partial charge in [-0.1, -0.05) is 30.3 Å². The van der Waals surface area contributed by atoms with Crippen LogP contribution in [0.15, 0.2) is 48.5 Å². The molecule has 0 fully saturated rings. The maximum Gasteiger partial charge on any atom is 0.137 e. The van der Waals surface area contributed by atoms with Crippen LogP contribution in [0.4, 0.5) is 5.69 Å². The van der Waals surface area contributed by atoms with Gasteiger partial charge < -0.3 is 9.64 Å². The molecule has 1 heterocycles. The summed E-state index contributed by atoms with van der Waals surface area (Å²) < 4.78 is 5.74. The third-order valence-electron chi connectivity index (χ3n) is 3.61. The van der Waals surface area contributed by atoms with Gasteiger partial charge in [-0.2, -0.15) is 5.26 Å². The summed E-state index contributed by atoms with van der Waals surface area (Å²) in [5, 5.41) is 9.02. The fourth-order valence-corrected chi connectivity index (χ4v) is 2.59. The average Bonchev–Trinajstić information content (AvgIpc) is 2.91. The number of benzene rings is 2. The van der Waals surface area contributed by atoms with Gasteiger partial charge in [0.15, 0.2) is 0 Å². The molecule has 20 heavy (non-hydrogen) atoms. The van der Waals surface area contributed by atoms with E-state index in [0.717, 1.165) is 19.5 Å². The minimum Gasteiger partial charge on any atom is -0.490 e. The third-order valence-corrected chi connectivity index (χ3v) is 3.61. The van der Waals surface area contributed by atoms with Crippen molar-refractivity contribution in [2.45, 2.75) is 6.42 Å². The van der Waals surface area contributed by atoms with E-state index in [2.05, 4.69) is 35.2 Å². The van der Waals surface area contributed by atoms with Crippen molar-refractivity contribution in [2.75, 3.05) is 24.6 Å². The molecule has 0 saturated heterocycles. The molecule has 0 spiro atoms. The molecule has 1 aliphatic rings. The van der Waals surface area contributed by atoms with E-state index in [1.165, 1.54) is 11.3 Å². The highest BCUT2D eigenvalue weighted by molar-refractivity contribution is 5.57. The van der Waals surface area contributed by atoms with E-state index in [0.29, 0.717) is 17.9 Å². The first kappa shape index (κ1) is 12.6. The maximum absolute atomic E-state index is 9.02. The van der Waals surface area contributed by atoms with Crippen molar-refractivity contribution in [3.05, 3.63) is 59.7 Å². The molecule has 0 aliphatic carbocycles. The monoisotopic (exact) mass is 264 g/mol. The molecule has 2 aromatic carbocycles. The van der Waals surface area contributed by atoms with Crippen molar-refractivity contribution in [1.29, 1.82) is 5.26 Å². The standard InChI is InChI=1S/C17H16N2O/c18-13-15-6-2-4-8-17(15)20-12-11-19-10-9-14-5-1-3-7-16(14)19/h1-8H,9-12H2. The summed E-state index contributed by atoms with van der Waals surface area (Å²) in [6.07, 6.45) is 1.10. The van der Waals surface area contributed by atoms with Gasteiger partial charge in [0, 0.05) is 12.2 Å². The molecule has 0 aromatic heterocycles. The van der Waals surface area contributed by atoms with Crippen LogP contribution in [0, 0.1) is 11.3 Å². The number of nitriles is 1. The molecule has 0 saturated carbocycles. The molecule has 2 aromatic rings. The number of hydrogen-bond donors (Lipinski definition) is 0. The zero-order chi connectivity index (χ0) is 13.8. The van der Waals surface area contributed by atoms with E-state index >= 15 is 0 Å². The van der Waals surface area contributed by atoms with Crippen molar-refractivity contribution < 1.29 is 4.74 Å². The molecule has 0 atom stereocenters. The molecule has 3 rings (SSSR count). The van der Waals surface area contributed by atoms with Gasteiger partial charge in [-0.3, -0.25) is 0 Å². The largest absolute Gasteiger partial charge is 0.490 e. The van der Waals surface area contributed by atoms with Gasteiger partial charge in [-0.25, -0.2) is 0 Å². The molecule has 3 nitrogen and oxygen atoms in total. The van der Waals surface area contributed by atoms with Gasteiger partial charge in [0.1, 0.15) is 18.4 Å². The molecule has 100 valence electrons. The Morgan fingerprint density at radius 2 is 1.90 bits per heavy atom. The molecule has 0 amide bonds. The summed E-state index contributed by atoms with van der Waals surface area (Å²) in [5.74, 6) is 0.669. The number of para-hydroxylation sites is 2. The summed E-state index contributed by atoms with van der Waals surface area (Å²) in [4.78, 5) is 2.34. The Kier molecular flexibility index (Phi) is 3.56. The van der Waals surface area contributed by atoms with Crippen LogP contribution >= 0.6 is 0 Å². The molecule has 0 radical (unpaired) electrons. The van der Waals surface area contributed by atoms with Gasteiger partial charge in [0.05, 0.1) is 12.1 Å². The van der Waals surface area contributed by atoms with Gasteiger partial charge in [0.2, 0.25) is 0 Å². The summed E-state index contributed by atoms with van der Waals surface area (Å²) in [6, 6.07) is 18.0. The van der Waals surface area contributed by atoms with E-state index in [1.807, 2.05) is 18.2 Å². The second-order valence-electron chi connectivity index (χ2n) is 4.82. The van der Waals surface area contributed by atoms with E-state index < -0.39 is 0 Å². The average molecular weight is 264 g/mol.